The third-order valence-electron chi connectivity index (χ3n) is 6.36. The van der Waals surface area contributed by atoms with E-state index in [9.17, 15) is 0 Å². The van der Waals surface area contributed by atoms with Crippen molar-refractivity contribution in [2.75, 3.05) is 38.2 Å². The summed E-state index contributed by atoms with van der Waals surface area (Å²) in [7, 11) is 0. The summed E-state index contributed by atoms with van der Waals surface area (Å²) in [6, 6.07) is 7.97. The summed E-state index contributed by atoms with van der Waals surface area (Å²) in [5.41, 5.74) is 5.89. The fourth-order valence-electron chi connectivity index (χ4n) is 4.31. The van der Waals surface area contributed by atoms with Crippen molar-refractivity contribution in [1.29, 1.82) is 0 Å². The largest absolute Gasteiger partial charge is 0.379 e. The van der Waals surface area contributed by atoms with Crippen molar-refractivity contribution in [1.82, 2.24) is 34.8 Å². The lowest BCUT2D eigenvalue weighted by atomic mass is 10.1. The number of nitrogens with zero attached hydrogens (tertiary/aromatic N) is 7. The number of aryl methyl sites for hydroxylation is 2. The molecule has 35 heavy (non-hydrogen) atoms. The van der Waals surface area contributed by atoms with Gasteiger partial charge in [-0.15, -0.1) is 5.10 Å². The second kappa shape index (κ2) is 10.5. The molecular formula is C26H32N8O. The lowest BCUT2D eigenvalue weighted by Gasteiger charge is -2.26. The van der Waals surface area contributed by atoms with Crippen LogP contribution in [0.3, 0.4) is 0 Å². The monoisotopic (exact) mass is 472 g/mol. The minimum absolute atomic E-state index is 0.380. The van der Waals surface area contributed by atoms with Crippen LogP contribution >= 0.6 is 0 Å². The topological polar surface area (TPSA) is 93.9 Å². The zero-order valence-corrected chi connectivity index (χ0v) is 20.6. The van der Waals surface area contributed by atoms with Crippen LogP contribution in [-0.2, 0) is 11.3 Å². The molecule has 0 aromatic carbocycles. The van der Waals surface area contributed by atoms with E-state index in [-0.39, 0.29) is 0 Å². The zero-order valence-electron chi connectivity index (χ0n) is 20.6. The first kappa shape index (κ1) is 23.3. The van der Waals surface area contributed by atoms with E-state index >= 15 is 0 Å². The SMILES string of the molecule is Cc1nn(CCCN2CCOCC2)cc1-c1cnc2ccc(Nc3cc(C(C)C)cnn3)nc2c1. The molecule has 0 spiro atoms. The van der Waals surface area contributed by atoms with Gasteiger partial charge in [0.1, 0.15) is 5.82 Å². The first-order valence-electron chi connectivity index (χ1n) is 12.3. The number of pyridine rings is 2. The highest BCUT2D eigenvalue weighted by Crippen LogP contribution is 2.26. The molecule has 0 radical (unpaired) electrons. The van der Waals surface area contributed by atoms with Gasteiger partial charge in [0.2, 0.25) is 0 Å². The van der Waals surface area contributed by atoms with Gasteiger partial charge < -0.3 is 10.1 Å². The van der Waals surface area contributed by atoms with E-state index < -0.39 is 0 Å². The summed E-state index contributed by atoms with van der Waals surface area (Å²) < 4.78 is 7.48. The molecule has 1 aliphatic rings. The van der Waals surface area contributed by atoms with E-state index in [2.05, 4.69) is 51.5 Å². The quantitative estimate of drug-likeness (QED) is 0.408. The standard InChI is InChI=1S/C26H32N8O/c1-18(2)20-14-26(31-28-16-20)30-25-6-5-23-24(29-25)13-21(15-27-23)22-17-34(32-19(22)3)8-4-7-33-9-11-35-12-10-33/h5-6,13-18H,4,7-12H2,1-3H3,(H,29,30,31). The molecule has 5 rings (SSSR count). The molecule has 0 saturated carbocycles. The minimum atomic E-state index is 0.380. The van der Waals surface area contributed by atoms with Crippen LogP contribution in [0.1, 0.15) is 37.4 Å². The smallest absolute Gasteiger partial charge is 0.154 e. The predicted octanol–water partition coefficient (Wildman–Crippen LogP) is 4.18. The molecule has 4 aromatic rings. The Balaban J connectivity index is 1.31. The lowest BCUT2D eigenvalue weighted by Crippen LogP contribution is -2.37. The number of hydrogen-bond acceptors (Lipinski definition) is 8. The third-order valence-corrected chi connectivity index (χ3v) is 6.36. The lowest BCUT2D eigenvalue weighted by molar-refractivity contribution is 0.0368. The van der Waals surface area contributed by atoms with E-state index in [0.717, 1.165) is 79.2 Å². The number of ether oxygens (including phenoxy) is 1. The molecule has 1 N–H and O–H groups in total. The fourth-order valence-corrected chi connectivity index (χ4v) is 4.31. The molecule has 0 aliphatic carbocycles. The first-order valence-corrected chi connectivity index (χ1v) is 12.3. The maximum Gasteiger partial charge on any atom is 0.154 e. The molecule has 9 heteroatoms. The fraction of sp³-hybridized carbons (Fsp3) is 0.423. The normalized spacial score (nSPS) is 14.6. The van der Waals surface area contributed by atoms with Crippen molar-refractivity contribution in [3.8, 4) is 11.1 Å². The van der Waals surface area contributed by atoms with Crippen molar-refractivity contribution in [3.63, 3.8) is 0 Å². The number of nitrogens with one attached hydrogen (secondary N) is 1. The molecule has 1 aliphatic heterocycles. The van der Waals surface area contributed by atoms with Gasteiger partial charge in [-0.1, -0.05) is 13.8 Å². The van der Waals surface area contributed by atoms with Crippen molar-refractivity contribution in [2.45, 2.75) is 39.7 Å². The van der Waals surface area contributed by atoms with Crippen LogP contribution in [-0.4, -0.2) is 67.7 Å². The molecule has 0 amide bonds. The Kier molecular flexibility index (Phi) is 6.96. The Labute approximate surface area is 205 Å². The second-order valence-corrected chi connectivity index (χ2v) is 9.31. The van der Waals surface area contributed by atoms with Crippen LogP contribution < -0.4 is 5.32 Å². The van der Waals surface area contributed by atoms with Crippen molar-refractivity contribution < 1.29 is 4.74 Å². The Morgan fingerprint density at radius 3 is 2.71 bits per heavy atom. The number of fused-ring (bicyclic) bond motifs is 1. The maximum absolute atomic E-state index is 5.43. The molecule has 0 unspecified atom stereocenters. The molecule has 0 bridgehead atoms. The van der Waals surface area contributed by atoms with Crippen LogP contribution in [0.2, 0.25) is 0 Å². The van der Waals surface area contributed by atoms with Gasteiger partial charge in [-0.25, -0.2) is 4.98 Å². The third kappa shape index (κ3) is 5.63. The minimum Gasteiger partial charge on any atom is -0.379 e. The Hall–Kier alpha value is -3.43. The van der Waals surface area contributed by atoms with E-state index in [4.69, 9.17) is 14.8 Å². The average Bonchev–Trinajstić information content (AvgIpc) is 3.24. The summed E-state index contributed by atoms with van der Waals surface area (Å²) >= 11 is 0. The van der Waals surface area contributed by atoms with Gasteiger partial charge >= 0.3 is 0 Å². The van der Waals surface area contributed by atoms with Crippen LogP contribution in [0.25, 0.3) is 22.2 Å². The highest BCUT2D eigenvalue weighted by atomic mass is 16.5. The summed E-state index contributed by atoms with van der Waals surface area (Å²) in [4.78, 5) is 11.9. The molecule has 1 fully saturated rings. The molecule has 5 heterocycles. The molecular weight excluding hydrogens is 440 g/mol. The van der Waals surface area contributed by atoms with E-state index in [1.807, 2.05) is 36.0 Å². The Morgan fingerprint density at radius 1 is 1.03 bits per heavy atom. The van der Waals surface area contributed by atoms with Gasteiger partial charge in [-0.3, -0.25) is 14.6 Å². The molecule has 9 nitrogen and oxygen atoms in total. The zero-order chi connectivity index (χ0) is 24.2. The van der Waals surface area contributed by atoms with Crippen LogP contribution in [0, 0.1) is 6.92 Å². The van der Waals surface area contributed by atoms with Gasteiger partial charge in [-0.05, 0) is 49.1 Å². The highest BCUT2D eigenvalue weighted by molar-refractivity contribution is 5.82. The van der Waals surface area contributed by atoms with Crippen molar-refractivity contribution in [3.05, 3.63) is 54.1 Å². The molecule has 4 aromatic heterocycles. The molecule has 182 valence electrons. The predicted molar refractivity (Wildman–Crippen MR) is 137 cm³/mol. The Morgan fingerprint density at radius 2 is 1.89 bits per heavy atom. The van der Waals surface area contributed by atoms with Crippen LogP contribution in [0.5, 0.6) is 0 Å². The number of rotatable bonds is 8. The highest BCUT2D eigenvalue weighted by Gasteiger charge is 2.12. The van der Waals surface area contributed by atoms with Gasteiger partial charge in [0.15, 0.2) is 5.82 Å². The van der Waals surface area contributed by atoms with Gasteiger partial charge in [0.25, 0.3) is 0 Å². The number of aromatic nitrogens is 6. The van der Waals surface area contributed by atoms with Gasteiger partial charge in [0.05, 0.1) is 36.1 Å². The molecule has 0 atom stereocenters. The molecule has 1 saturated heterocycles. The summed E-state index contributed by atoms with van der Waals surface area (Å²) in [6.45, 7) is 12.0. The van der Waals surface area contributed by atoms with E-state index in [0.29, 0.717) is 17.6 Å². The Bertz CT molecular complexity index is 1300. The van der Waals surface area contributed by atoms with E-state index in [1.165, 1.54) is 0 Å². The van der Waals surface area contributed by atoms with Crippen LogP contribution in [0.15, 0.2) is 42.9 Å². The summed E-state index contributed by atoms with van der Waals surface area (Å²) in [6.07, 6.45) is 6.88. The van der Waals surface area contributed by atoms with E-state index in [1.54, 1.807) is 6.20 Å². The number of anilines is 2. The number of morpholine rings is 1. The van der Waals surface area contributed by atoms with Gasteiger partial charge in [-0.2, -0.15) is 10.2 Å². The maximum atomic E-state index is 5.43. The number of hydrogen-bond donors (Lipinski definition) is 1. The average molecular weight is 473 g/mol. The summed E-state index contributed by atoms with van der Waals surface area (Å²) in [5.74, 6) is 1.77. The van der Waals surface area contributed by atoms with Crippen molar-refractivity contribution in [2.24, 2.45) is 0 Å². The van der Waals surface area contributed by atoms with Gasteiger partial charge in [0, 0.05) is 49.7 Å². The van der Waals surface area contributed by atoms with Crippen LogP contribution in [0.4, 0.5) is 11.6 Å². The second-order valence-electron chi connectivity index (χ2n) is 9.31. The van der Waals surface area contributed by atoms with Crippen molar-refractivity contribution >= 4 is 22.7 Å². The first-order chi connectivity index (χ1) is 17.0. The summed E-state index contributed by atoms with van der Waals surface area (Å²) in [5, 5.41) is 16.3.